The molecule has 0 aromatic heterocycles. The minimum absolute atomic E-state index is 0.332. The molecule has 33 heavy (non-hydrogen) atoms. The molecule has 4 nitrogen and oxygen atoms in total. The smallest absolute Gasteiger partial charge is 0.129 e. The summed E-state index contributed by atoms with van der Waals surface area (Å²) in [6, 6.07) is 7.78. The Hall–Kier alpha value is -1.46. The maximum absolute atomic E-state index is 6.37. The predicted octanol–water partition coefficient (Wildman–Crippen LogP) is 8.20. The van der Waals surface area contributed by atoms with E-state index in [2.05, 4.69) is 66.8 Å². The Labute approximate surface area is 218 Å². The molecular formula is C25H32Cl4N4. The first kappa shape index (κ1) is 26.2. The van der Waals surface area contributed by atoms with Gasteiger partial charge in [0.2, 0.25) is 0 Å². The van der Waals surface area contributed by atoms with Crippen LogP contribution in [0.4, 0.5) is 22.7 Å². The van der Waals surface area contributed by atoms with Crippen molar-refractivity contribution < 1.29 is 0 Å². The van der Waals surface area contributed by atoms with Crippen LogP contribution in [0.2, 0.25) is 20.1 Å². The molecule has 8 heteroatoms. The van der Waals surface area contributed by atoms with Crippen LogP contribution < -0.4 is 20.0 Å². The second-order valence-corrected chi connectivity index (χ2v) is 9.72. The van der Waals surface area contributed by atoms with E-state index in [1.807, 2.05) is 24.3 Å². The van der Waals surface area contributed by atoms with Gasteiger partial charge in [0.15, 0.2) is 0 Å². The lowest BCUT2D eigenvalue weighted by Gasteiger charge is -2.41. The molecule has 0 spiro atoms. The lowest BCUT2D eigenvalue weighted by molar-refractivity contribution is 0.519. The van der Waals surface area contributed by atoms with Crippen molar-refractivity contribution in [1.82, 2.24) is 0 Å². The van der Waals surface area contributed by atoms with E-state index < -0.39 is 0 Å². The quantitative estimate of drug-likeness (QED) is 0.330. The minimum Gasteiger partial charge on any atom is -0.384 e. The van der Waals surface area contributed by atoms with Crippen LogP contribution >= 0.6 is 46.4 Å². The van der Waals surface area contributed by atoms with E-state index in [-0.39, 0.29) is 5.66 Å². The Bertz CT molecular complexity index is 987. The van der Waals surface area contributed by atoms with Crippen LogP contribution in [0.1, 0.15) is 34.6 Å². The van der Waals surface area contributed by atoms with Gasteiger partial charge in [-0.2, -0.15) is 0 Å². The molecule has 0 amide bonds. The highest BCUT2D eigenvalue weighted by molar-refractivity contribution is 6.43. The maximum atomic E-state index is 6.37. The molecule has 1 aliphatic heterocycles. The van der Waals surface area contributed by atoms with Gasteiger partial charge < -0.3 is 20.0 Å². The van der Waals surface area contributed by atoms with Gasteiger partial charge in [0.1, 0.15) is 5.66 Å². The molecule has 0 saturated heterocycles. The Balaban J connectivity index is 1.93. The first-order valence-corrected chi connectivity index (χ1v) is 12.9. The molecule has 0 aliphatic carbocycles. The number of nitrogens with zero attached hydrogens (tertiary/aromatic N) is 3. The van der Waals surface area contributed by atoms with Crippen molar-refractivity contribution in [2.75, 3.05) is 52.7 Å². The third kappa shape index (κ3) is 5.00. The van der Waals surface area contributed by atoms with Gasteiger partial charge in [0, 0.05) is 32.7 Å². The Morgan fingerprint density at radius 2 is 1.36 bits per heavy atom. The molecule has 1 heterocycles. The van der Waals surface area contributed by atoms with Crippen molar-refractivity contribution in [3.05, 3.63) is 56.5 Å². The summed E-state index contributed by atoms with van der Waals surface area (Å²) in [5, 5.41) is 5.65. The van der Waals surface area contributed by atoms with Crippen LogP contribution in [0.5, 0.6) is 0 Å². The molecule has 0 unspecified atom stereocenters. The fourth-order valence-corrected chi connectivity index (χ4v) is 5.32. The van der Waals surface area contributed by atoms with E-state index in [1.54, 1.807) is 0 Å². The molecule has 0 atom stereocenters. The highest BCUT2D eigenvalue weighted by Crippen LogP contribution is 2.48. The molecule has 0 saturated carbocycles. The highest BCUT2D eigenvalue weighted by Gasteiger charge is 2.43. The average Bonchev–Trinajstić information content (AvgIpc) is 3.00. The minimum atomic E-state index is -0.332. The number of hydrogen-bond acceptors (Lipinski definition) is 4. The van der Waals surface area contributed by atoms with Gasteiger partial charge in [-0.05, 0) is 65.0 Å². The number of benzene rings is 2. The zero-order chi connectivity index (χ0) is 24.3. The molecule has 2 aromatic rings. The second-order valence-electron chi connectivity index (χ2n) is 8.09. The van der Waals surface area contributed by atoms with Crippen molar-refractivity contribution >= 4 is 69.2 Å². The normalized spacial score (nSPS) is 14.8. The standard InChI is InChI=1S/C25H32Cl4N4/c1-6-30-21-13-17(26)18(27)14-22(21)31(7-2)12-10-11-25(5)32(8-3)23-15-19(28)20(29)16-24(23)33(25)9-4/h10-11,13-16,30H,6-9,12H2,1-5H3. The summed E-state index contributed by atoms with van der Waals surface area (Å²) in [5.74, 6) is 0. The van der Waals surface area contributed by atoms with E-state index in [1.165, 1.54) is 0 Å². The van der Waals surface area contributed by atoms with Crippen molar-refractivity contribution in [2.24, 2.45) is 0 Å². The summed E-state index contributed by atoms with van der Waals surface area (Å²) in [6.07, 6.45) is 4.50. The van der Waals surface area contributed by atoms with Gasteiger partial charge in [-0.25, -0.2) is 0 Å². The molecular weight excluding hydrogens is 498 g/mol. The van der Waals surface area contributed by atoms with Crippen molar-refractivity contribution in [3.63, 3.8) is 0 Å². The predicted molar refractivity (Wildman–Crippen MR) is 149 cm³/mol. The monoisotopic (exact) mass is 528 g/mol. The molecule has 2 aromatic carbocycles. The number of likely N-dealkylation sites (N-methyl/N-ethyl adjacent to an activating group) is 3. The fraction of sp³-hybridized carbons (Fsp3) is 0.440. The lowest BCUT2D eigenvalue weighted by Crippen LogP contribution is -2.53. The zero-order valence-corrected chi connectivity index (χ0v) is 22.9. The average molecular weight is 530 g/mol. The summed E-state index contributed by atoms with van der Waals surface area (Å²) in [7, 11) is 0. The lowest BCUT2D eigenvalue weighted by atomic mass is 10.1. The summed E-state index contributed by atoms with van der Waals surface area (Å²) >= 11 is 25.4. The highest BCUT2D eigenvalue weighted by atomic mass is 35.5. The number of nitrogens with one attached hydrogen (secondary N) is 1. The molecule has 0 bridgehead atoms. The van der Waals surface area contributed by atoms with E-state index in [4.69, 9.17) is 46.4 Å². The van der Waals surface area contributed by atoms with Crippen molar-refractivity contribution in [3.8, 4) is 0 Å². The number of hydrogen-bond donors (Lipinski definition) is 1. The van der Waals surface area contributed by atoms with Crippen LogP contribution in [-0.2, 0) is 0 Å². The summed E-state index contributed by atoms with van der Waals surface area (Å²) in [5.41, 5.74) is 3.90. The van der Waals surface area contributed by atoms with Gasteiger partial charge in [0.05, 0.1) is 42.8 Å². The summed E-state index contributed by atoms with van der Waals surface area (Å²) < 4.78 is 0. The molecule has 0 radical (unpaired) electrons. The number of halogens is 4. The number of rotatable bonds is 9. The number of anilines is 4. The van der Waals surface area contributed by atoms with Gasteiger partial charge in [-0.3, -0.25) is 0 Å². The summed E-state index contributed by atoms with van der Waals surface area (Å²) in [6.45, 7) is 14.8. The second kappa shape index (κ2) is 10.9. The van der Waals surface area contributed by atoms with E-state index in [0.717, 1.165) is 55.5 Å². The SMILES string of the molecule is CCNc1cc(Cl)c(Cl)cc1N(CC)CC=CC1(C)N(CC)c2cc(Cl)c(Cl)cc2N1CC. The van der Waals surface area contributed by atoms with E-state index >= 15 is 0 Å². The Morgan fingerprint density at radius 3 is 1.85 bits per heavy atom. The first-order chi connectivity index (χ1) is 15.7. The molecule has 3 rings (SSSR count). The van der Waals surface area contributed by atoms with Crippen LogP contribution in [0.25, 0.3) is 0 Å². The first-order valence-electron chi connectivity index (χ1n) is 11.4. The van der Waals surface area contributed by atoms with Gasteiger partial charge in [-0.1, -0.05) is 52.5 Å². The van der Waals surface area contributed by atoms with Crippen LogP contribution in [-0.4, -0.2) is 38.4 Å². The molecule has 0 fully saturated rings. The molecule has 180 valence electrons. The Kier molecular flexibility index (Phi) is 8.60. The fourth-order valence-electron chi connectivity index (χ4n) is 4.68. The van der Waals surface area contributed by atoms with Crippen molar-refractivity contribution in [2.45, 2.75) is 40.3 Å². The largest absolute Gasteiger partial charge is 0.384 e. The molecule has 1 N–H and O–H groups in total. The van der Waals surface area contributed by atoms with Gasteiger partial charge in [-0.15, -0.1) is 0 Å². The maximum Gasteiger partial charge on any atom is 0.129 e. The van der Waals surface area contributed by atoms with Gasteiger partial charge >= 0.3 is 0 Å². The van der Waals surface area contributed by atoms with Crippen LogP contribution in [0, 0.1) is 0 Å². The number of fused-ring (bicyclic) bond motifs is 1. The Morgan fingerprint density at radius 1 is 0.848 bits per heavy atom. The topological polar surface area (TPSA) is 21.8 Å². The van der Waals surface area contributed by atoms with Crippen LogP contribution in [0.15, 0.2) is 36.4 Å². The molecule has 1 aliphatic rings. The summed E-state index contributed by atoms with van der Waals surface area (Å²) in [4.78, 5) is 7.01. The van der Waals surface area contributed by atoms with E-state index in [9.17, 15) is 0 Å². The third-order valence-corrected chi connectivity index (χ3v) is 7.66. The third-order valence-electron chi connectivity index (χ3n) is 6.21. The zero-order valence-electron chi connectivity index (χ0n) is 19.9. The van der Waals surface area contributed by atoms with Crippen LogP contribution in [0.3, 0.4) is 0 Å². The van der Waals surface area contributed by atoms with Crippen molar-refractivity contribution in [1.29, 1.82) is 0 Å². The van der Waals surface area contributed by atoms with Gasteiger partial charge in [0.25, 0.3) is 0 Å². The van der Waals surface area contributed by atoms with E-state index in [0.29, 0.717) is 20.1 Å².